The molecule has 0 fully saturated rings. The number of halogens is 1. The van der Waals surface area contributed by atoms with Gasteiger partial charge in [0.1, 0.15) is 5.76 Å². The average molecular weight is 514 g/mol. The molecule has 1 aliphatic rings. The van der Waals surface area contributed by atoms with Crippen LogP contribution in [0.1, 0.15) is 51.8 Å². The number of nitrogens with one attached hydrogen (secondary N) is 2. The number of oxazole rings is 1. The van der Waals surface area contributed by atoms with Crippen LogP contribution in [0.15, 0.2) is 33.8 Å². The Morgan fingerprint density at radius 3 is 2.48 bits per heavy atom. The van der Waals surface area contributed by atoms with Gasteiger partial charge in [-0.2, -0.15) is 0 Å². The number of rotatable bonds is 5. The van der Waals surface area contributed by atoms with Crippen molar-refractivity contribution in [3.8, 4) is 11.5 Å². The van der Waals surface area contributed by atoms with E-state index in [1.165, 1.54) is 5.56 Å². The van der Waals surface area contributed by atoms with Crippen LogP contribution < -0.4 is 20.1 Å². The normalized spacial score (nSPS) is 13.8. The van der Waals surface area contributed by atoms with Crippen LogP contribution in [-0.4, -0.2) is 31.3 Å². The van der Waals surface area contributed by atoms with Gasteiger partial charge in [-0.15, -0.1) is 24.0 Å². The van der Waals surface area contributed by atoms with Gasteiger partial charge in [0.05, 0.1) is 12.7 Å². The fourth-order valence-corrected chi connectivity index (χ4v) is 2.84. The summed E-state index contributed by atoms with van der Waals surface area (Å²) in [6.07, 6.45) is 1.79. The van der Waals surface area contributed by atoms with E-state index in [-0.39, 0.29) is 41.6 Å². The lowest BCUT2D eigenvalue weighted by atomic mass is 9.84. The maximum atomic E-state index is 5.82. The third-order valence-electron chi connectivity index (χ3n) is 4.78. The van der Waals surface area contributed by atoms with Gasteiger partial charge in [-0.1, -0.05) is 40.7 Å². The lowest BCUT2D eigenvalue weighted by molar-refractivity contribution is 0.174. The quantitative estimate of drug-likeness (QED) is 0.357. The van der Waals surface area contributed by atoms with Gasteiger partial charge >= 0.3 is 0 Å². The van der Waals surface area contributed by atoms with E-state index in [0.717, 1.165) is 17.3 Å². The molecule has 0 saturated carbocycles. The van der Waals surface area contributed by atoms with Gasteiger partial charge in [0.15, 0.2) is 17.5 Å². The van der Waals surface area contributed by atoms with Crippen molar-refractivity contribution >= 4 is 29.9 Å². The van der Waals surface area contributed by atoms with Crippen LogP contribution in [0.4, 0.5) is 0 Å². The molecule has 0 amide bonds. The molecule has 8 heteroatoms. The number of fused-ring (bicyclic) bond motifs is 1. The third-order valence-corrected chi connectivity index (χ3v) is 4.78. The van der Waals surface area contributed by atoms with Gasteiger partial charge in [0.25, 0.3) is 0 Å². The maximum Gasteiger partial charge on any atom is 0.231 e. The van der Waals surface area contributed by atoms with Crippen molar-refractivity contribution in [2.75, 3.05) is 20.4 Å². The predicted molar refractivity (Wildman–Crippen MR) is 124 cm³/mol. The summed E-state index contributed by atoms with van der Waals surface area (Å²) in [5.41, 5.74) is 0.989. The van der Waals surface area contributed by atoms with Crippen molar-refractivity contribution in [3.05, 3.63) is 41.6 Å². The van der Waals surface area contributed by atoms with Crippen LogP contribution in [0.25, 0.3) is 0 Å². The second-order valence-corrected chi connectivity index (χ2v) is 8.60. The Hall–Kier alpha value is -1.97. The van der Waals surface area contributed by atoms with Crippen LogP contribution in [0.3, 0.4) is 0 Å². The molecule has 1 aromatic heterocycles. The molecular formula is C21H31IN4O3. The number of nitrogens with zero attached hydrogens (tertiary/aromatic N) is 2. The van der Waals surface area contributed by atoms with Gasteiger partial charge in [-0.05, 0) is 17.7 Å². The van der Waals surface area contributed by atoms with Gasteiger partial charge < -0.3 is 24.5 Å². The first-order valence-electron chi connectivity index (χ1n) is 9.49. The molecule has 1 aromatic carbocycles. The van der Waals surface area contributed by atoms with Crippen LogP contribution in [-0.2, 0) is 17.4 Å². The Morgan fingerprint density at radius 1 is 1.10 bits per heavy atom. The molecule has 1 aliphatic heterocycles. The van der Waals surface area contributed by atoms with Gasteiger partial charge in [-0.25, -0.2) is 4.98 Å². The minimum Gasteiger partial charge on any atom is -0.454 e. The van der Waals surface area contributed by atoms with Gasteiger partial charge in [0, 0.05) is 24.4 Å². The second kappa shape index (κ2) is 9.23. The summed E-state index contributed by atoms with van der Waals surface area (Å²) in [7, 11) is 1.75. The van der Waals surface area contributed by atoms with Crippen molar-refractivity contribution < 1.29 is 13.9 Å². The van der Waals surface area contributed by atoms with E-state index in [4.69, 9.17) is 13.9 Å². The second-order valence-electron chi connectivity index (χ2n) is 8.60. The topological polar surface area (TPSA) is 80.9 Å². The lowest BCUT2D eigenvalue weighted by Gasteiger charge is -2.27. The minimum absolute atomic E-state index is 0. The Balaban J connectivity index is 0.00000300. The van der Waals surface area contributed by atoms with E-state index in [9.17, 15) is 0 Å². The number of ether oxygens (including phenoxy) is 2. The van der Waals surface area contributed by atoms with Crippen molar-refractivity contribution in [2.24, 2.45) is 4.99 Å². The van der Waals surface area contributed by atoms with Crippen molar-refractivity contribution in [1.82, 2.24) is 15.6 Å². The highest BCUT2D eigenvalue weighted by Gasteiger charge is 2.24. The molecule has 0 saturated heterocycles. The van der Waals surface area contributed by atoms with E-state index >= 15 is 0 Å². The van der Waals surface area contributed by atoms with E-state index in [0.29, 0.717) is 24.9 Å². The minimum atomic E-state index is -0.124. The summed E-state index contributed by atoms with van der Waals surface area (Å²) in [6.45, 7) is 12.1. The highest BCUT2D eigenvalue weighted by atomic mass is 127. The zero-order valence-electron chi connectivity index (χ0n) is 18.0. The molecule has 0 spiro atoms. The number of hydrogen-bond donors (Lipinski definition) is 2. The van der Waals surface area contributed by atoms with Crippen molar-refractivity contribution in [2.45, 2.75) is 52.0 Å². The fourth-order valence-electron chi connectivity index (χ4n) is 2.84. The molecule has 0 atom stereocenters. The molecule has 0 unspecified atom stereocenters. The average Bonchev–Trinajstić information content (AvgIpc) is 3.30. The lowest BCUT2D eigenvalue weighted by Crippen LogP contribution is -2.43. The Kier molecular flexibility index (Phi) is 7.42. The Labute approximate surface area is 189 Å². The summed E-state index contributed by atoms with van der Waals surface area (Å²) in [4.78, 5) is 8.63. The zero-order valence-corrected chi connectivity index (χ0v) is 20.3. The first kappa shape index (κ1) is 23.3. The van der Waals surface area contributed by atoms with E-state index in [1.807, 2.05) is 12.1 Å². The van der Waals surface area contributed by atoms with Crippen LogP contribution in [0, 0.1) is 0 Å². The van der Waals surface area contributed by atoms with Crippen molar-refractivity contribution in [1.29, 1.82) is 0 Å². The first-order valence-corrected chi connectivity index (χ1v) is 9.49. The molecule has 160 valence electrons. The number of guanidine groups is 1. The fraction of sp³-hybridized carbons (Fsp3) is 0.524. The number of hydrogen-bond acceptors (Lipinski definition) is 5. The van der Waals surface area contributed by atoms with Crippen molar-refractivity contribution in [3.63, 3.8) is 0 Å². The molecule has 29 heavy (non-hydrogen) atoms. The predicted octanol–water partition coefficient (Wildman–Crippen LogP) is 3.96. The highest BCUT2D eigenvalue weighted by Crippen LogP contribution is 2.36. The molecule has 0 radical (unpaired) electrons. The summed E-state index contributed by atoms with van der Waals surface area (Å²) in [5.74, 6) is 3.81. The van der Waals surface area contributed by atoms with Gasteiger partial charge in [-0.3, -0.25) is 4.99 Å². The van der Waals surface area contributed by atoms with Crippen LogP contribution in [0.5, 0.6) is 11.5 Å². The van der Waals surface area contributed by atoms with E-state index < -0.39 is 0 Å². The molecule has 0 bridgehead atoms. The number of aromatic nitrogens is 1. The summed E-state index contributed by atoms with van der Waals surface area (Å²) < 4.78 is 16.7. The number of aliphatic imine (C=N–C) groups is 1. The molecule has 2 heterocycles. The number of benzene rings is 1. The zero-order chi connectivity index (χ0) is 20.4. The third kappa shape index (κ3) is 5.77. The Bertz CT molecular complexity index is 856. The molecule has 0 aliphatic carbocycles. The van der Waals surface area contributed by atoms with E-state index in [1.54, 1.807) is 13.2 Å². The smallest absolute Gasteiger partial charge is 0.231 e. The van der Waals surface area contributed by atoms with Gasteiger partial charge in [0.2, 0.25) is 12.7 Å². The standard InChI is InChI=1S/C21H30N4O3.HI/c1-20(2,3)17-10-23-18(28-17)11-24-19(22-6)25-12-21(4,5)14-7-8-15-16(9-14)27-13-26-15;/h7-10H,11-13H2,1-6H3,(H2,22,24,25);1H. The monoisotopic (exact) mass is 514 g/mol. The van der Waals surface area contributed by atoms with Crippen LogP contribution >= 0.6 is 24.0 Å². The summed E-state index contributed by atoms with van der Waals surface area (Å²) in [6, 6.07) is 6.08. The molecular weight excluding hydrogens is 483 g/mol. The maximum absolute atomic E-state index is 5.82. The molecule has 2 aromatic rings. The SMILES string of the molecule is CN=C(NCc1ncc(C(C)(C)C)o1)NCC(C)(C)c1ccc2c(c1)OCO2.I. The van der Waals surface area contributed by atoms with Crippen LogP contribution in [0.2, 0.25) is 0 Å². The largest absolute Gasteiger partial charge is 0.454 e. The van der Waals surface area contributed by atoms with E-state index in [2.05, 4.69) is 61.3 Å². The molecule has 2 N–H and O–H groups in total. The molecule has 3 rings (SSSR count). The molecule has 7 nitrogen and oxygen atoms in total. The Morgan fingerprint density at radius 2 is 1.83 bits per heavy atom. The summed E-state index contributed by atoms with van der Waals surface area (Å²) in [5, 5.41) is 6.63. The first-order chi connectivity index (χ1) is 13.2. The summed E-state index contributed by atoms with van der Waals surface area (Å²) >= 11 is 0. The highest BCUT2D eigenvalue weighted by molar-refractivity contribution is 14.0.